The van der Waals surface area contributed by atoms with Crippen molar-refractivity contribution in [1.82, 2.24) is 19.2 Å². The molecular weight excluding hydrogens is 516 g/mol. The Kier molecular flexibility index (Phi) is 7.93. The Hall–Kier alpha value is -5.62. The van der Waals surface area contributed by atoms with Crippen LogP contribution < -0.4 is 22.0 Å². The molecule has 5 aromatic rings. The van der Waals surface area contributed by atoms with Crippen molar-refractivity contribution in [2.24, 2.45) is 0 Å². The van der Waals surface area contributed by atoms with Gasteiger partial charge in [0.05, 0.1) is 23.0 Å². The van der Waals surface area contributed by atoms with E-state index in [-0.39, 0.29) is 12.5 Å². The molecular formula is C32H28N6O3. The van der Waals surface area contributed by atoms with E-state index in [0.717, 1.165) is 4.57 Å². The van der Waals surface area contributed by atoms with Gasteiger partial charge in [-0.2, -0.15) is 14.6 Å². The fourth-order valence-electron chi connectivity index (χ4n) is 4.89. The lowest BCUT2D eigenvalue weighted by Crippen LogP contribution is -2.45. The van der Waals surface area contributed by atoms with Gasteiger partial charge in [0.15, 0.2) is 0 Å². The lowest BCUT2D eigenvalue weighted by atomic mass is 9.89. The monoisotopic (exact) mass is 544 g/mol. The molecule has 9 nitrogen and oxygen atoms in total. The van der Waals surface area contributed by atoms with Gasteiger partial charge in [-0.05, 0) is 54.1 Å². The first-order chi connectivity index (χ1) is 20.0. The largest absolute Gasteiger partial charge is 0.373 e. The Labute approximate surface area is 236 Å². The molecule has 1 amide bonds. The molecule has 0 fully saturated rings. The SMILES string of the molecule is CNC(=O)[C@H](Nc1ccccc1)[C@H](Cn1c(=O)n(-c2ccccc2)n(-c2ccccc2)c1=O)c1cccc(C#N)c1. The molecule has 2 atom stereocenters. The number of hydrogen-bond donors (Lipinski definition) is 2. The third-order valence-electron chi connectivity index (χ3n) is 6.88. The summed E-state index contributed by atoms with van der Waals surface area (Å²) in [5.74, 6) is -1.04. The molecule has 1 heterocycles. The van der Waals surface area contributed by atoms with Crippen LogP contribution in [-0.4, -0.2) is 32.9 Å². The highest BCUT2D eigenvalue weighted by molar-refractivity contribution is 5.85. The van der Waals surface area contributed by atoms with Crippen LogP contribution in [0.25, 0.3) is 11.4 Å². The number of para-hydroxylation sites is 3. The van der Waals surface area contributed by atoms with Gasteiger partial charge in [0, 0.05) is 25.2 Å². The molecule has 9 heteroatoms. The summed E-state index contributed by atoms with van der Waals surface area (Å²) in [5.41, 5.74) is 1.66. The summed E-state index contributed by atoms with van der Waals surface area (Å²) in [6.07, 6.45) is 0. The summed E-state index contributed by atoms with van der Waals surface area (Å²) >= 11 is 0. The molecule has 0 radical (unpaired) electrons. The van der Waals surface area contributed by atoms with E-state index in [4.69, 9.17) is 0 Å². The smallest absolute Gasteiger partial charge is 0.352 e. The van der Waals surface area contributed by atoms with E-state index in [9.17, 15) is 19.6 Å². The van der Waals surface area contributed by atoms with Crippen LogP contribution in [0.2, 0.25) is 0 Å². The number of nitrogens with one attached hydrogen (secondary N) is 2. The average molecular weight is 545 g/mol. The van der Waals surface area contributed by atoms with Crippen LogP contribution in [-0.2, 0) is 11.3 Å². The number of nitrogens with zero attached hydrogens (tertiary/aromatic N) is 4. The van der Waals surface area contributed by atoms with Crippen LogP contribution in [0.5, 0.6) is 0 Å². The average Bonchev–Trinajstić information content (AvgIpc) is 3.28. The molecule has 1 aromatic heterocycles. The fraction of sp³-hybridized carbons (Fsp3) is 0.125. The first kappa shape index (κ1) is 27.0. The number of nitriles is 1. The fourth-order valence-corrected chi connectivity index (χ4v) is 4.89. The molecule has 0 aliphatic rings. The minimum atomic E-state index is -0.882. The topological polar surface area (TPSA) is 114 Å². The van der Waals surface area contributed by atoms with E-state index in [1.807, 2.05) is 42.5 Å². The van der Waals surface area contributed by atoms with E-state index in [2.05, 4.69) is 16.7 Å². The van der Waals surface area contributed by atoms with Crippen molar-refractivity contribution < 1.29 is 4.79 Å². The predicted molar refractivity (Wildman–Crippen MR) is 157 cm³/mol. The minimum Gasteiger partial charge on any atom is -0.373 e. The van der Waals surface area contributed by atoms with Gasteiger partial charge in [-0.25, -0.2) is 14.2 Å². The summed E-state index contributed by atoms with van der Waals surface area (Å²) in [6.45, 7) is -0.128. The second-order valence-corrected chi connectivity index (χ2v) is 9.42. The van der Waals surface area contributed by atoms with Gasteiger partial charge in [-0.15, -0.1) is 0 Å². The number of benzene rings is 4. The highest BCUT2D eigenvalue weighted by atomic mass is 16.2. The summed E-state index contributed by atoms with van der Waals surface area (Å²) < 4.78 is 3.81. The summed E-state index contributed by atoms with van der Waals surface area (Å²) in [4.78, 5) is 41.4. The number of amides is 1. The van der Waals surface area contributed by atoms with Crippen LogP contribution in [0.15, 0.2) is 125 Å². The number of rotatable bonds is 9. The Balaban J connectivity index is 1.71. The molecule has 0 aliphatic carbocycles. The summed E-state index contributed by atoms with van der Waals surface area (Å²) in [7, 11) is 1.53. The molecule has 0 spiro atoms. The molecule has 0 saturated heterocycles. The molecule has 0 saturated carbocycles. The van der Waals surface area contributed by atoms with Crippen molar-refractivity contribution in [3.8, 4) is 17.4 Å². The summed E-state index contributed by atoms with van der Waals surface area (Å²) in [5, 5.41) is 15.6. The third kappa shape index (κ3) is 5.58. The number of carbonyl (C=O) groups excluding carboxylic acids is 1. The van der Waals surface area contributed by atoms with Crippen LogP contribution in [0.4, 0.5) is 5.69 Å². The third-order valence-corrected chi connectivity index (χ3v) is 6.88. The van der Waals surface area contributed by atoms with Crippen LogP contribution in [0, 0.1) is 11.3 Å². The van der Waals surface area contributed by atoms with E-state index in [0.29, 0.717) is 28.2 Å². The Morgan fingerprint density at radius 3 is 1.83 bits per heavy atom. The van der Waals surface area contributed by atoms with Crippen molar-refractivity contribution in [2.45, 2.75) is 18.5 Å². The van der Waals surface area contributed by atoms with E-state index in [1.165, 1.54) is 16.4 Å². The molecule has 0 aliphatic heterocycles. The van der Waals surface area contributed by atoms with Gasteiger partial charge in [0.2, 0.25) is 5.91 Å². The number of carbonyl (C=O) groups is 1. The second kappa shape index (κ2) is 12.1. The van der Waals surface area contributed by atoms with Crippen molar-refractivity contribution in [2.75, 3.05) is 12.4 Å². The van der Waals surface area contributed by atoms with Crippen molar-refractivity contribution in [3.05, 3.63) is 147 Å². The zero-order chi connectivity index (χ0) is 28.8. The van der Waals surface area contributed by atoms with Crippen LogP contribution in [0.3, 0.4) is 0 Å². The first-order valence-electron chi connectivity index (χ1n) is 13.1. The molecule has 41 heavy (non-hydrogen) atoms. The summed E-state index contributed by atoms with van der Waals surface area (Å²) in [6, 6.07) is 35.2. The van der Waals surface area contributed by atoms with Crippen LogP contribution >= 0.6 is 0 Å². The number of hydrogen-bond acceptors (Lipinski definition) is 5. The maximum Gasteiger partial charge on any atom is 0.352 e. The molecule has 4 aromatic carbocycles. The quantitative estimate of drug-likeness (QED) is 0.294. The minimum absolute atomic E-state index is 0.128. The Bertz CT molecular complexity index is 1730. The van der Waals surface area contributed by atoms with Gasteiger partial charge in [0.25, 0.3) is 0 Å². The number of likely N-dealkylation sites (N-methyl/N-ethyl adjacent to an activating group) is 1. The Morgan fingerprint density at radius 1 is 0.780 bits per heavy atom. The highest BCUT2D eigenvalue weighted by Gasteiger charge is 2.32. The van der Waals surface area contributed by atoms with Crippen LogP contribution in [0.1, 0.15) is 17.0 Å². The van der Waals surface area contributed by atoms with Gasteiger partial charge < -0.3 is 10.6 Å². The van der Waals surface area contributed by atoms with Gasteiger partial charge in [0.1, 0.15) is 6.04 Å². The van der Waals surface area contributed by atoms with Gasteiger partial charge >= 0.3 is 11.4 Å². The normalized spacial score (nSPS) is 12.2. The van der Waals surface area contributed by atoms with Crippen molar-refractivity contribution in [1.29, 1.82) is 5.26 Å². The number of aromatic nitrogens is 3. The first-order valence-corrected chi connectivity index (χ1v) is 13.1. The second-order valence-electron chi connectivity index (χ2n) is 9.42. The highest BCUT2D eigenvalue weighted by Crippen LogP contribution is 2.26. The zero-order valence-electron chi connectivity index (χ0n) is 22.3. The standard InChI is InChI=1S/C32H28N6O3/c1-34-30(39)29(35-25-14-5-2-6-15-25)28(24-13-11-12-23(20-24)21-33)22-36-31(40)37(26-16-7-3-8-17-26)38(32(36)41)27-18-9-4-10-19-27/h2-20,28-29,35H,22H2,1H3,(H,34,39)/t28-,29-/m1/s1. The van der Waals surface area contributed by atoms with Gasteiger partial charge in [-0.3, -0.25) is 4.79 Å². The molecule has 5 rings (SSSR count). The molecule has 2 N–H and O–H groups in total. The zero-order valence-corrected chi connectivity index (χ0v) is 22.3. The van der Waals surface area contributed by atoms with E-state index >= 15 is 0 Å². The van der Waals surface area contributed by atoms with Crippen molar-refractivity contribution in [3.63, 3.8) is 0 Å². The van der Waals surface area contributed by atoms with E-state index in [1.54, 1.807) is 72.8 Å². The maximum absolute atomic E-state index is 14.0. The molecule has 204 valence electrons. The lowest BCUT2D eigenvalue weighted by Gasteiger charge is -2.28. The predicted octanol–water partition coefficient (Wildman–Crippen LogP) is 3.67. The number of anilines is 1. The molecule has 0 unspecified atom stereocenters. The maximum atomic E-state index is 14.0. The van der Waals surface area contributed by atoms with Gasteiger partial charge in [-0.1, -0.05) is 66.7 Å². The molecule has 0 bridgehead atoms. The van der Waals surface area contributed by atoms with E-state index < -0.39 is 23.3 Å². The van der Waals surface area contributed by atoms with Crippen molar-refractivity contribution >= 4 is 11.6 Å². The lowest BCUT2D eigenvalue weighted by molar-refractivity contribution is -0.121. The Morgan fingerprint density at radius 2 is 1.32 bits per heavy atom.